The molecule has 3 aromatic heterocycles. The molecule has 26 heteroatoms. The van der Waals surface area contributed by atoms with E-state index in [1.54, 1.807) is 41.5 Å². The van der Waals surface area contributed by atoms with Gasteiger partial charge in [-0.15, -0.1) is 16.4 Å². The van der Waals surface area contributed by atoms with Crippen LogP contribution in [0.4, 0.5) is 14.7 Å². The molecule has 0 radical (unpaired) electrons. The van der Waals surface area contributed by atoms with Gasteiger partial charge in [-0.3, -0.25) is 29.2 Å². The number of β-lactam (4-membered cyclic amide) rings is 1. The van der Waals surface area contributed by atoms with E-state index in [1.165, 1.54) is 30.9 Å². The SMILES string of the molecule is C[C@@H](O)Cn1c(-c2cc(=O)c(O)c[nH]2)nn(S(=O)(=O)NC(=O)N2C[C@H](NC(=O)C(=NOC(C)(C)C(=O)OC(C)(C)C)c3csc(NC(=O)OC(C)(C)C)n3)C2=O)c1=O. The van der Waals surface area contributed by atoms with E-state index in [-0.39, 0.29) is 20.6 Å². The quantitative estimate of drug-likeness (QED) is 0.0603. The number of aliphatic hydroxyl groups excluding tert-OH is 1. The van der Waals surface area contributed by atoms with Crippen LogP contribution in [-0.4, -0.2) is 118 Å². The third-order valence-corrected chi connectivity index (χ3v) is 9.05. The largest absolute Gasteiger partial charge is 0.503 e. The Balaban J connectivity index is 1.53. The maximum Gasteiger partial charge on any atom is 0.413 e. The summed E-state index contributed by atoms with van der Waals surface area (Å²) in [5, 5.41) is 33.0. The van der Waals surface area contributed by atoms with Crippen LogP contribution in [0.1, 0.15) is 68.0 Å². The molecule has 0 unspecified atom stereocenters. The number of ether oxygens (including phenoxy) is 2. The van der Waals surface area contributed by atoms with Gasteiger partial charge in [0.25, 0.3) is 11.8 Å². The van der Waals surface area contributed by atoms with E-state index in [9.17, 15) is 52.2 Å². The molecule has 6 N–H and O–H groups in total. The highest BCUT2D eigenvalue weighted by atomic mass is 32.2. The van der Waals surface area contributed by atoms with Crippen molar-refractivity contribution in [3.05, 3.63) is 44.0 Å². The smallest absolute Gasteiger partial charge is 0.413 e. The van der Waals surface area contributed by atoms with E-state index < -0.39 is 111 Å². The number of esters is 1. The van der Waals surface area contributed by atoms with Gasteiger partial charge < -0.3 is 34.8 Å². The number of pyridine rings is 1. The van der Waals surface area contributed by atoms with Crippen molar-refractivity contribution in [2.45, 2.75) is 97.8 Å². The Morgan fingerprint density at radius 3 is 2.28 bits per heavy atom. The molecule has 4 heterocycles. The second kappa shape index (κ2) is 16.4. The van der Waals surface area contributed by atoms with Crippen molar-refractivity contribution in [1.82, 2.24) is 38.7 Å². The molecule has 5 amide bonds. The van der Waals surface area contributed by atoms with Crippen molar-refractivity contribution in [1.29, 1.82) is 0 Å². The predicted octanol–water partition coefficient (Wildman–Crippen LogP) is -0.0393. The zero-order valence-electron chi connectivity index (χ0n) is 32.6. The van der Waals surface area contributed by atoms with Gasteiger partial charge in [-0.1, -0.05) is 9.24 Å². The average Bonchev–Trinajstić information content (AvgIpc) is 3.65. The third kappa shape index (κ3) is 10.8. The van der Waals surface area contributed by atoms with Crippen LogP contribution in [0, 0.1) is 0 Å². The summed E-state index contributed by atoms with van der Waals surface area (Å²) in [4.78, 5) is 102. The summed E-state index contributed by atoms with van der Waals surface area (Å²) in [7, 11) is -5.20. The van der Waals surface area contributed by atoms with Gasteiger partial charge in [0.15, 0.2) is 22.4 Å². The number of urea groups is 1. The minimum Gasteiger partial charge on any atom is -0.503 e. The summed E-state index contributed by atoms with van der Waals surface area (Å²) in [5.41, 5.74) is -6.78. The zero-order valence-corrected chi connectivity index (χ0v) is 34.2. The molecule has 24 nitrogen and oxygen atoms in total. The third-order valence-electron chi connectivity index (χ3n) is 7.16. The van der Waals surface area contributed by atoms with Crippen molar-refractivity contribution in [3.63, 3.8) is 0 Å². The van der Waals surface area contributed by atoms with Crippen LogP contribution in [0.5, 0.6) is 5.75 Å². The van der Waals surface area contributed by atoms with E-state index in [2.05, 4.69) is 30.9 Å². The van der Waals surface area contributed by atoms with E-state index in [4.69, 9.17) is 14.3 Å². The normalized spacial score (nSPS) is 15.6. The zero-order chi connectivity index (χ0) is 43.7. The van der Waals surface area contributed by atoms with Crippen molar-refractivity contribution in [3.8, 4) is 17.3 Å². The number of hydrogen-bond donors (Lipinski definition) is 6. The Morgan fingerprint density at radius 1 is 1.07 bits per heavy atom. The average molecular weight is 855 g/mol. The number of aromatic amines is 1. The number of oxime groups is 1. The lowest BCUT2D eigenvalue weighted by Gasteiger charge is -2.36. The number of aliphatic hydroxyl groups is 1. The van der Waals surface area contributed by atoms with Gasteiger partial charge in [0.05, 0.1) is 24.9 Å². The Bertz CT molecular complexity index is 2380. The molecule has 1 aliphatic rings. The van der Waals surface area contributed by atoms with Crippen molar-refractivity contribution < 1.29 is 56.9 Å². The molecule has 3 aromatic rings. The van der Waals surface area contributed by atoms with Crippen molar-refractivity contribution >= 4 is 62.3 Å². The number of nitrogens with one attached hydrogen (secondary N) is 4. The van der Waals surface area contributed by atoms with Crippen LogP contribution in [0.25, 0.3) is 11.5 Å². The van der Waals surface area contributed by atoms with Gasteiger partial charge >= 0.3 is 34.0 Å². The monoisotopic (exact) mass is 854 g/mol. The molecule has 0 bridgehead atoms. The molecule has 0 saturated carbocycles. The van der Waals surface area contributed by atoms with E-state index in [0.29, 0.717) is 9.47 Å². The molecule has 316 valence electrons. The number of carbonyl (C=O) groups excluding carboxylic acids is 5. The first-order chi connectivity index (χ1) is 26.6. The summed E-state index contributed by atoms with van der Waals surface area (Å²) >= 11 is 0.865. The summed E-state index contributed by atoms with van der Waals surface area (Å²) in [6.45, 7) is 12.6. The van der Waals surface area contributed by atoms with Crippen LogP contribution in [0.15, 0.2) is 32.4 Å². The number of likely N-dealkylation sites (tertiary alicyclic amines) is 1. The van der Waals surface area contributed by atoms with Gasteiger partial charge in [0.2, 0.25) is 11.0 Å². The highest BCUT2D eigenvalue weighted by Gasteiger charge is 2.44. The summed E-state index contributed by atoms with van der Waals surface area (Å²) < 4.78 is 39.1. The second-order valence-corrected chi connectivity index (χ2v) is 17.5. The molecular formula is C32H42N10O14S2. The number of thiazole rings is 1. The standard InChI is InChI=1S/C32H42N10O14S2/c1-15(43)12-40-22(16-10-19(44)20(45)11-33-16)37-42(29(40)51)58(52,53)39-27(49)41-13-17(24(41)47)34-23(46)21(38-56-32(8,9)25(48)54-30(2,3)4)18-14-57-26(35-18)36-28(50)55-31(5,6)7/h10-11,14-15,17,43,45H,12-13H2,1-9H3,(H,33,44)(H,34,46)(H,39,49)(H,35,36,50)/t15-,17+/m1/s1. The molecule has 0 aliphatic carbocycles. The van der Waals surface area contributed by atoms with Gasteiger partial charge in [-0.25, -0.2) is 28.9 Å². The number of nitrogens with zero attached hydrogens (tertiary/aromatic N) is 6. The molecule has 0 spiro atoms. The summed E-state index contributed by atoms with van der Waals surface area (Å²) in [6.07, 6.45) is -1.22. The highest BCUT2D eigenvalue weighted by molar-refractivity contribution is 7.88. The molecule has 4 rings (SSSR count). The predicted molar refractivity (Wildman–Crippen MR) is 202 cm³/mol. The Hall–Kier alpha value is -6.15. The van der Waals surface area contributed by atoms with Crippen LogP contribution in [0.2, 0.25) is 0 Å². The highest BCUT2D eigenvalue weighted by Crippen LogP contribution is 2.22. The first kappa shape index (κ1) is 44.6. The Morgan fingerprint density at radius 2 is 1.71 bits per heavy atom. The fourth-order valence-corrected chi connectivity index (χ4v) is 6.13. The molecule has 2 atom stereocenters. The minimum absolute atomic E-state index is 0.0294. The molecule has 1 saturated heterocycles. The first-order valence-electron chi connectivity index (χ1n) is 17.0. The van der Waals surface area contributed by atoms with E-state index >= 15 is 0 Å². The van der Waals surface area contributed by atoms with Crippen LogP contribution < -0.4 is 26.5 Å². The van der Waals surface area contributed by atoms with Gasteiger partial charge in [-0.2, -0.15) is 8.42 Å². The first-order valence-corrected chi connectivity index (χ1v) is 19.4. The molecule has 1 fully saturated rings. The number of imide groups is 1. The van der Waals surface area contributed by atoms with Crippen molar-refractivity contribution in [2.24, 2.45) is 5.16 Å². The van der Waals surface area contributed by atoms with E-state index in [1.807, 2.05) is 0 Å². The Labute approximate surface area is 333 Å². The number of amides is 5. The number of H-pyrrole nitrogens is 1. The summed E-state index contributed by atoms with van der Waals surface area (Å²) in [5.74, 6) is -4.20. The van der Waals surface area contributed by atoms with Gasteiger partial charge in [0.1, 0.15) is 22.9 Å². The molecule has 0 aromatic carbocycles. The lowest BCUT2D eigenvalue weighted by Crippen LogP contribution is -2.68. The maximum atomic E-state index is 13.6. The lowest BCUT2D eigenvalue weighted by molar-refractivity contribution is -0.179. The number of carbonyl (C=O) groups is 5. The van der Waals surface area contributed by atoms with Crippen LogP contribution >= 0.6 is 11.3 Å². The van der Waals surface area contributed by atoms with Gasteiger partial charge in [0, 0.05) is 17.6 Å². The number of aromatic hydroxyl groups is 1. The number of anilines is 1. The van der Waals surface area contributed by atoms with Crippen LogP contribution in [-0.2, 0) is 45.4 Å². The minimum atomic E-state index is -5.20. The Kier molecular flexibility index (Phi) is 12.6. The van der Waals surface area contributed by atoms with E-state index in [0.717, 1.165) is 23.6 Å². The fraction of sp³-hybridized carbons (Fsp3) is 0.500. The number of aromatic nitrogens is 5. The summed E-state index contributed by atoms with van der Waals surface area (Å²) in [6, 6.07) is -2.16. The number of hydrogen-bond acceptors (Lipinski definition) is 18. The molecule has 58 heavy (non-hydrogen) atoms. The van der Waals surface area contributed by atoms with Crippen LogP contribution in [0.3, 0.4) is 0 Å². The van der Waals surface area contributed by atoms with Gasteiger partial charge in [-0.05, 0) is 62.3 Å². The second-order valence-electron chi connectivity index (χ2n) is 15.1. The fourth-order valence-electron chi connectivity index (χ4n) is 4.54. The maximum absolute atomic E-state index is 13.6. The van der Waals surface area contributed by atoms with Crippen molar-refractivity contribution in [2.75, 3.05) is 11.9 Å². The topological polar surface area (TPSA) is 325 Å². The molecule has 1 aliphatic heterocycles. The lowest BCUT2D eigenvalue weighted by atomic mass is 10.1. The number of rotatable bonds is 12. The molecular weight excluding hydrogens is 813 g/mol.